The number of nitrogens with zero attached hydrogens (tertiary/aromatic N) is 4. The van der Waals surface area contributed by atoms with Crippen molar-refractivity contribution in [1.82, 2.24) is 9.80 Å². The van der Waals surface area contributed by atoms with E-state index in [1.54, 1.807) is 7.05 Å². The van der Waals surface area contributed by atoms with Crippen molar-refractivity contribution in [2.24, 2.45) is 9.98 Å². The van der Waals surface area contributed by atoms with Crippen LogP contribution in [0.25, 0.3) is 5.57 Å². The van der Waals surface area contributed by atoms with E-state index in [9.17, 15) is 4.79 Å². The lowest BCUT2D eigenvalue weighted by Gasteiger charge is -2.32. The average molecular weight is 363 g/mol. The first-order chi connectivity index (χ1) is 11.9. The molecule has 5 nitrogen and oxygen atoms in total. The molecule has 0 radical (unpaired) electrons. The molecule has 1 fully saturated rings. The Bertz CT molecular complexity index is 600. The van der Waals surface area contributed by atoms with Gasteiger partial charge in [0, 0.05) is 31.6 Å². The second-order valence-corrected chi connectivity index (χ2v) is 6.39. The number of carbonyl (C=O) groups excluding carboxylic acids is 1. The Kier molecular flexibility index (Phi) is 9.10. The highest BCUT2D eigenvalue weighted by molar-refractivity contribution is 6.30. The molecule has 1 aliphatic heterocycles. The summed E-state index contributed by atoms with van der Waals surface area (Å²) in [5.41, 5.74) is 1.94. The second-order valence-electron chi connectivity index (χ2n) is 5.96. The van der Waals surface area contributed by atoms with Gasteiger partial charge in [-0.3, -0.25) is 14.7 Å². The van der Waals surface area contributed by atoms with E-state index >= 15 is 0 Å². The molecule has 0 spiro atoms. The van der Waals surface area contributed by atoms with Crippen LogP contribution < -0.4 is 0 Å². The van der Waals surface area contributed by atoms with Crippen molar-refractivity contribution in [3.63, 3.8) is 0 Å². The smallest absolute Gasteiger partial charge is 0.223 e. The van der Waals surface area contributed by atoms with Crippen molar-refractivity contribution >= 4 is 36.5 Å². The van der Waals surface area contributed by atoms with Gasteiger partial charge in [0.1, 0.15) is 0 Å². The number of hydrogen-bond acceptors (Lipinski definition) is 4. The van der Waals surface area contributed by atoms with Crippen molar-refractivity contribution < 1.29 is 4.79 Å². The van der Waals surface area contributed by atoms with E-state index in [4.69, 9.17) is 11.6 Å². The average Bonchev–Trinajstić information content (AvgIpc) is 2.99. The van der Waals surface area contributed by atoms with E-state index in [1.807, 2.05) is 41.1 Å². The summed E-state index contributed by atoms with van der Waals surface area (Å²) >= 11 is 5.95. The molecule has 1 amide bonds. The molecule has 2 rings (SSSR count). The van der Waals surface area contributed by atoms with Crippen molar-refractivity contribution in [2.75, 3.05) is 33.9 Å². The minimum Gasteiger partial charge on any atom is -0.334 e. The first-order valence-corrected chi connectivity index (χ1v) is 8.52. The Morgan fingerprint density at radius 3 is 2.44 bits per heavy atom. The van der Waals surface area contributed by atoms with Crippen LogP contribution in [0.2, 0.25) is 5.02 Å². The van der Waals surface area contributed by atoms with Crippen LogP contribution in [0, 0.1) is 0 Å². The molecule has 0 bridgehead atoms. The van der Waals surface area contributed by atoms with E-state index in [0.29, 0.717) is 24.7 Å². The summed E-state index contributed by atoms with van der Waals surface area (Å²) in [7, 11) is 3.61. The van der Waals surface area contributed by atoms with Crippen LogP contribution in [0.1, 0.15) is 18.4 Å². The molecule has 1 aliphatic rings. The maximum atomic E-state index is 12.2. The highest BCUT2D eigenvalue weighted by atomic mass is 35.5. The molecule has 1 heterocycles. The SMILES string of the molecule is C=NC.C=NCN(C)CC(C(=C)c1ccc(Cl)cc1)N1CCCC1=O. The Morgan fingerprint density at radius 2 is 1.96 bits per heavy atom. The molecule has 0 N–H and O–H groups in total. The number of carbonyl (C=O) groups is 1. The van der Waals surface area contributed by atoms with E-state index in [0.717, 1.165) is 24.1 Å². The molecule has 136 valence electrons. The van der Waals surface area contributed by atoms with Crippen molar-refractivity contribution in [3.8, 4) is 0 Å². The number of hydrogen-bond donors (Lipinski definition) is 0. The van der Waals surface area contributed by atoms with Gasteiger partial charge in [0.15, 0.2) is 0 Å². The second kappa shape index (κ2) is 10.8. The fourth-order valence-corrected chi connectivity index (χ4v) is 2.90. The van der Waals surface area contributed by atoms with Gasteiger partial charge < -0.3 is 9.89 Å². The van der Waals surface area contributed by atoms with Gasteiger partial charge in [0.05, 0.1) is 12.7 Å². The predicted octanol–water partition coefficient (Wildman–Crippen LogP) is 3.25. The van der Waals surface area contributed by atoms with Gasteiger partial charge in [-0.05, 0) is 50.2 Å². The fourth-order valence-electron chi connectivity index (χ4n) is 2.78. The van der Waals surface area contributed by atoms with Gasteiger partial charge >= 0.3 is 0 Å². The van der Waals surface area contributed by atoms with Crippen LogP contribution in [0.4, 0.5) is 0 Å². The summed E-state index contributed by atoms with van der Waals surface area (Å²) in [5.74, 6) is 0.195. The Balaban J connectivity index is 0.000000970. The molecule has 1 atom stereocenters. The molecule has 1 unspecified atom stereocenters. The van der Waals surface area contributed by atoms with Crippen LogP contribution in [-0.2, 0) is 4.79 Å². The maximum Gasteiger partial charge on any atom is 0.223 e. The number of likely N-dealkylation sites (tertiary alicyclic amines) is 1. The summed E-state index contributed by atoms with van der Waals surface area (Å²) in [4.78, 5) is 23.3. The van der Waals surface area contributed by atoms with Crippen molar-refractivity contribution in [2.45, 2.75) is 18.9 Å². The van der Waals surface area contributed by atoms with E-state index in [2.05, 4.69) is 30.0 Å². The van der Waals surface area contributed by atoms with Gasteiger partial charge in [0.2, 0.25) is 5.91 Å². The topological polar surface area (TPSA) is 48.3 Å². The Labute approximate surface area is 155 Å². The highest BCUT2D eigenvalue weighted by Crippen LogP contribution is 2.26. The zero-order valence-electron chi connectivity index (χ0n) is 15.1. The lowest BCUT2D eigenvalue weighted by atomic mass is 9.98. The minimum atomic E-state index is -0.0528. The molecule has 25 heavy (non-hydrogen) atoms. The number of halogens is 1. The van der Waals surface area contributed by atoms with Crippen molar-refractivity contribution in [1.29, 1.82) is 0 Å². The zero-order chi connectivity index (χ0) is 18.8. The monoisotopic (exact) mass is 362 g/mol. The van der Waals surface area contributed by atoms with E-state index in [-0.39, 0.29) is 11.9 Å². The maximum absolute atomic E-state index is 12.2. The summed E-state index contributed by atoms with van der Waals surface area (Å²) in [5, 5.41) is 0.693. The number of amides is 1. The van der Waals surface area contributed by atoms with Crippen LogP contribution in [0.15, 0.2) is 40.8 Å². The normalized spacial score (nSPS) is 14.7. The Hall–Kier alpha value is -1.98. The molecule has 0 aromatic heterocycles. The summed E-state index contributed by atoms with van der Waals surface area (Å²) in [6, 6.07) is 7.54. The van der Waals surface area contributed by atoms with Crippen molar-refractivity contribution in [3.05, 3.63) is 41.4 Å². The zero-order valence-corrected chi connectivity index (χ0v) is 15.9. The molecule has 0 saturated carbocycles. The van der Waals surface area contributed by atoms with Gasteiger partial charge in [0.25, 0.3) is 0 Å². The molecule has 1 saturated heterocycles. The number of aliphatic imine (C=N–C) groups is 2. The summed E-state index contributed by atoms with van der Waals surface area (Å²) in [6.07, 6.45) is 1.53. The fraction of sp³-hybridized carbons (Fsp3) is 0.421. The number of likely N-dealkylation sites (N-methyl/N-ethyl adjacent to an activating group) is 1. The lowest BCUT2D eigenvalue weighted by molar-refractivity contribution is -0.128. The molecule has 1 aromatic rings. The number of rotatable bonds is 7. The third-order valence-corrected chi connectivity index (χ3v) is 4.18. The van der Waals surface area contributed by atoms with Gasteiger partial charge in [-0.1, -0.05) is 30.3 Å². The van der Waals surface area contributed by atoms with E-state index < -0.39 is 0 Å². The highest BCUT2D eigenvalue weighted by Gasteiger charge is 2.30. The molecule has 6 heteroatoms. The van der Waals surface area contributed by atoms with Gasteiger partial charge in [-0.25, -0.2) is 0 Å². The third kappa shape index (κ3) is 6.44. The lowest BCUT2D eigenvalue weighted by Crippen LogP contribution is -2.44. The number of benzene rings is 1. The third-order valence-electron chi connectivity index (χ3n) is 3.93. The predicted molar refractivity (Wildman–Crippen MR) is 108 cm³/mol. The molecular weight excluding hydrogens is 336 g/mol. The molecular formula is C19H27ClN4O. The van der Waals surface area contributed by atoms with Gasteiger partial charge in [-0.2, -0.15) is 0 Å². The first-order valence-electron chi connectivity index (χ1n) is 8.14. The molecule has 1 aromatic carbocycles. The summed E-state index contributed by atoms with van der Waals surface area (Å²) < 4.78 is 0. The van der Waals surface area contributed by atoms with Crippen LogP contribution in [0.3, 0.4) is 0 Å². The largest absolute Gasteiger partial charge is 0.334 e. The molecule has 0 aliphatic carbocycles. The van der Waals surface area contributed by atoms with Crippen LogP contribution >= 0.6 is 11.6 Å². The summed E-state index contributed by atoms with van der Waals surface area (Å²) in [6.45, 7) is 12.9. The quantitative estimate of drug-likeness (QED) is 0.699. The van der Waals surface area contributed by atoms with Crippen LogP contribution in [-0.4, -0.2) is 69.0 Å². The van der Waals surface area contributed by atoms with Crippen LogP contribution in [0.5, 0.6) is 0 Å². The standard InChI is InChI=1S/C17H22ClN3O.C2H5N/c1-13(14-6-8-15(18)9-7-14)16(11-20(3)12-19-2)21-10-4-5-17(21)22;1-3-2/h6-9,16H,1-2,4-5,10-12H2,3H3;1H2,2H3. The van der Waals surface area contributed by atoms with E-state index in [1.165, 1.54) is 0 Å². The Morgan fingerprint density at radius 1 is 1.36 bits per heavy atom. The van der Waals surface area contributed by atoms with Gasteiger partial charge in [-0.15, -0.1) is 0 Å². The minimum absolute atomic E-state index is 0.0528. The first kappa shape index (κ1) is 21.1.